The van der Waals surface area contributed by atoms with Crippen LogP contribution in [-0.2, 0) is 13.0 Å². The van der Waals surface area contributed by atoms with Crippen LogP contribution in [0.3, 0.4) is 0 Å². The Hall–Kier alpha value is -1.23. The summed E-state index contributed by atoms with van der Waals surface area (Å²) in [6, 6.07) is 0. The molecule has 0 bridgehead atoms. The largest absolute Gasteiger partial charge is 0.370 e. The van der Waals surface area contributed by atoms with Crippen molar-refractivity contribution in [2.24, 2.45) is 5.73 Å². The third-order valence-corrected chi connectivity index (χ3v) is 2.54. The molecule has 2 heterocycles. The van der Waals surface area contributed by atoms with E-state index in [0.29, 0.717) is 13.1 Å². The summed E-state index contributed by atoms with van der Waals surface area (Å²) < 4.78 is 1.75. The lowest BCUT2D eigenvalue weighted by molar-refractivity contribution is 0.632. The molecule has 1 aliphatic heterocycles. The van der Waals surface area contributed by atoms with Crippen molar-refractivity contribution < 1.29 is 0 Å². The van der Waals surface area contributed by atoms with Crippen LogP contribution >= 0.6 is 0 Å². The first-order chi connectivity index (χ1) is 6.83. The molecule has 0 saturated heterocycles. The lowest BCUT2D eigenvalue weighted by atomic mass is 10.2. The van der Waals surface area contributed by atoms with Gasteiger partial charge in [0, 0.05) is 13.1 Å². The van der Waals surface area contributed by atoms with Crippen molar-refractivity contribution in [3.05, 3.63) is 16.2 Å². The van der Waals surface area contributed by atoms with Crippen molar-refractivity contribution >= 4 is 5.82 Å². The summed E-state index contributed by atoms with van der Waals surface area (Å²) in [5.74, 6) is 0.967. The Morgan fingerprint density at radius 1 is 1.50 bits per heavy atom. The summed E-state index contributed by atoms with van der Waals surface area (Å²) in [6.45, 7) is 2.27. The molecule has 1 aromatic rings. The number of anilines is 1. The van der Waals surface area contributed by atoms with Gasteiger partial charge in [0.1, 0.15) is 5.82 Å². The quantitative estimate of drug-likeness (QED) is 0.631. The number of nitrogens with one attached hydrogen (secondary N) is 2. The van der Waals surface area contributed by atoms with Crippen LogP contribution in [0.1, 0.15) is 18.5 Å². The van der Waals surface area contributed by atoms with Crippen molar-refractivity contribution in [2.45, 2.75) is 25.8 Å². The van der Waals surface area contributed by atoms with Gasteiger partial charge in [0.25, 0.3) is 0 Å². The molecule has 0 radical (unpaired) electrons. The van der Waals surface area contributed by atoms with Crippen LogP contribution in [-0.4, -0.2) is 22.6 Å². The molecule has 2 rings (SSSR count). The first kappa shape index (κ1) is 9.33. The average Bonchev–Trinajstić information content (AvgIpc) is 2.51. The molecule has 0 aliphatic carbocycles. The number of aromatic nitrogens is 2. The monoisotopic (exact) mass is 196 g/mol. The summed E-state index contributed by atoms with van der Waals surface area (Å²) in [7, 11) is 0. The zero-order chi connectivity index (χ0) is 9.97. The van der Waals surface area contributed by atoms with Crippen molar-refractivity contribution in [3.8, 4) is 0 Å². The van der Waals surface area contributed by atoms with E-state index >= 15 is 0 Å². The predicted octanol–water partition coefficient (Wildman–Crippen LogP) is -0.117. The van der Waals surface area contributed by atoms with E-state index in [1.54, 1.807) is 4.57 Å². The Morgan fingerprint density at radius 3 is 3.14 bits per heavy atom. The molecule has 0 saturated carbocycles. The zero-order valence-corrected chi connectivity index (χ0v) is 8.18. The predicted molar refractivity (Wildman–Crippen MR) is 55.5 cm³/mol. The smallest absolute Gasteiger partial charge is 0.327 e. The molecular weight excluding hydrogens is 180 g/mol. The van der Waals surface area contributed by atoms with Gasteiger partial charge in [-0.3, -0.25) is 4.57 Å². The normalized spacial score (nSPS) is 14.9. The fraction of sp³-hybridized carbons (Fsp3) is 0.667. The van der Waals surface area contributed by atoms with E-state index in [9.17, 15) is 4.79 Å². The Labute approximate surface area is 82.3 Å². The van der Waals surface area contributed by atoms with Crippen molar-refractivity contribution in [3.63, 3.8) is 0 Å². The number of nitrogens with zero attached hydrogens (tertiary/aromatic N) is 1. The molecular formula is C9H16N4O. The first-order valence-electron chi connectivity index (χ1n) is 5.08. The molecule has 5 heteroatoms. The molecule has 5 nitrogen and oxygen atoms in total. The van der Waals surface area contributed by atoms with Crippen molar-refractivity contribution in [2.75, 3.05) is 18.4 Å². The molecule has 78 valence electrons. The first-order valence-corrected chi connectivity index (χ1v) is 5.08. The maximum atomic E-state index is 11.5. The molecule has 14 heavy (non-hydrogen) atoms. The highest BCUT2D eigenvalue weighted by atomic mass is 16.1. The Morgan fingerprint density at radius 2 is 2.36 bits per heavy atom. The number of fused-ring (bicyclic) bond motifs is 1. The highest BCUT2D eigenvalue weighted by Gasteiger charge is 2.16. The van der Waals surface area contributed by atoms with Gasteiger partial charge in [-0.2, -0.15) is 0 Å². The van der Waals surface area contributed by atoms with Crippen molar-refractivity contribution in [1.82, 2.24) is 9.55 Å². The molecule has 0 spiro atoms. The summed E-state index contributed by atoms with van der Waals surface area (Å²) >= 11 is 0. The maximum absolute atomic E-state index is 11.5. The second kappa shape index (κ2) is 3.88. The molecule has 0 fully saturated rings. The van der Waals surface area contributed by atoms with Crippen molar-refractivity contribution in [1.29, 1.82) is 0 Å². The lowest BCUT2D eigenvalue weighted by Gasteiger charge is -2.15. The van der Waals surface area contributed by atoms with Gasteiger partial charge < -0.3 is 16.0 Å². The van der Waals surface area contributed by atoms with E-state index in [1.807, 2.05) is 0 Å². The average molecular weight is 196 g/mol. The summed E-state index contributed by atoms with van der Waals surface area (Å²) in [6.07, 6.45) is 2.89. The Bertz CT molecular complexity index is 365. The van der Waals surface area contributed by atoms with Crippen LogP contribution in [0.15, 0.2) is 4.79 Å². The zero-order valence-electron chi connectivity index (χ0n) is 8.18. The Balaban J connectivity index is 2.28. The summed E-state index contributed by atoms with van der Waals surface area (Å²) in [4.78, 5) is 14.4. The van der Waals surface area contributed by atoms with Crippen LogP contribution < -0.4 is 16.7 Å². The summed E-state index contributed by atoms with van der Waals surface area (Å²) in [5, 5.41) is 3.25. The number of aromatic amines is 1. The minimum absolute atomic E-state index is 0.0159. The highest BCUT2D eigenvalue weighted by Crippen LogP contribution is 2.17. The summed E-state index contributed by atoms with van der Waals surface area (Å²) in [5.41, 5.74) is 6.45. The number of H-pyrrole nitrogens is 1. The molecule has 1 aliphatic rings. The van der Waals surface area contributed by atoms with Gasteiger partial charge in [0.2, 0.25) is 0 Å². The standard InChI is InChI=1S/C9H16N4O/c10-4-2-6-13-8-7(12-9(13)14)3-1-5-11-8/h11H,1-6,10H2,(H,12,14). The Kier molecular flexibility index (Phi) is 2.58. The van der Waals surface area contributed by atoms with E-state index < -0.39 is 0 Å². The topological polar surface area (TPSA) is 75.8 Å². The second-order valence-corrected chi connectivity index (χ2v) is 3.58. The van der Waals surface area contributed by atoms with Gasteiger partial charge in [-0.05, 0) is 25.8 Å². The minimum atomic E-state index is -0.0159. The van der Waals surface area contributed by atoms with E-state index in [2.05, 4.69) is 10.3 Å². The third-order valence-electron chi connectivity index (χ3n) is 2.54. The van der Waals surface area contributed by atoms with Crippen LogP contribution in [0.5, 0.6) is 0 Å². The fourth-order valence-electron chi connectivity index (χ4n) is 1.84. The van der Waals surface area contributed by atoms with E-state index in [0.717, 1.165) is 37.3 Å². The molecule has 0 unspecified atom stereocenters. The van der Waals surface area contributed by atoms with Crippen LogP contribution in [0.25, 0.3) is 0 Å². The second-order valence-electron chi connectivity index (χ2n) is 3.58. The number of rotatable bonds is 3. The number of imidazole rings is 1. The molecule has 0 amide bonds. The number of hydrogen-bond donors (Lipinski definition) is 3. The van der Waals surface area contributed by atoms with Gasteiger partial charge in [-0.15, -0.1) is 0 Å². The van der Waals surface area contributed by atoms with Gasteiger partial charge >= 0.3 is 5.69 Å². The van der Waals surface area contributed by atoms with E-state index in [-0.39, 0.29) is 5.69 Å². The van der Waals surface area contributed by atoms with E-state index in [1.165, 1.54) is 0 Å². The van der Waals surface area contributed by atoms with Crippen LogP contribution in [0.4, 0.5) is 5.82 Å². The lowest BCUT2D eigenvalue weighted by Crippen LogP contribution is -2.21. The SMILES string of the molecule is NCCCn1c2c([nH]c1=O)CCCN2. The number of nitrogens with two attached hydrogens (primary N) is 1. The molecule has 4 N–H and O–H groups in total. The fourth-order valence-corrected chi connectivity index (χ4v) is 1.84. The highest BCUT2D eigenvalue weighted by molar-refractivity contribution is 5.43. The van der Waals surface area contributed by atoms with Gasteiger partial charge in [0.15, 0.2) is 0 Å². The maximum Gasteiger partial charge on any atom is 0.327 e. The number of aryl methyl sites for hydroxylation is 1. The van der Waals surface area contributed by atoms with Crippen LogP contribution in [0, 0.1) is 0 Å². The molecule has 1 aromatic heterocycles. The van der Waals surface area contributed by atoms with E-state index in [4.69, 9.17) is 5.73 Å². The minimum Gasteiger partial charge on any atom is -0.370 e. The molecule has 0 atom stereocenters. The van der Waals surface area contributed by atoms with Gasteiger partial charge in [0.05, 0.1) is 5.69 Å². The van der Waals surface area contributed by atoms with Gasteiger partial charge in [-0.25, -0.2) is 4.79 Å². The van der Waals surface area contributed by atoms with Gasteiger partial charge in [-0.1, -0.05) is 0 Å². The number of hydrogen-bond acceptors (Lipinski definition) is 3. The molecule has 0 aromatic carbocycles. The van der Waals surface area contributed by atoms with Crippen LogP contribution in [0.2, 0.25) is 0 Å². The third kappa shape index (κ3) is 1.55.